The molecule has 0 nitrogen and oxygen atoms in total. The van der Waals surface area contributed by atoms with E-state index in [1.54, 1.807) is 12.1 Å². The second-order valence-corrected chi connectivity index (χ2v) is 6.16. The zero-order chi connectivity index (χ0) is 14.0. The van der Waals surface area contributed by atoms with E-state index >= 15 is 0 Å². The van der Waals surface area contributed by atoms with Gasteiger partial charge >= 0.3 is 0 Å². The highest BCUT2D eigenvalue weighted by Crippen LogP contribution is 2.32. The van der Waals surface area contributed by atoms with E-state index in [9.17, 15) is 4.39 Å². The number of rotatable bonds is 3. The number of alkyl halides is 1. The summed E-state index contributed by atoms with van der Waals surface area (Å²) < 4.78 is 13.5. The van der Waals surface area contributed by atoms with Crippen LogP contribution in [0.2, 0.25) is 0 Å². The van der Waals surface area contributed by atoms with Crippen LogP contribution in [-0.2, 0) is 0 Å². The van der Waals surface area contributed by atoms with Gasteiger partial charge in [0.15, 0.2) is 0 Å². The lowest BCUT2D eigenvalue weighted by Crippen LogP contribution is -1.96. The van der Waals surface area contributed by atoms with E-state index < -0.39 is 0 Å². The molecule has 0 heterocycles. The summed E-state index contributed by atoms with van der Waals surface area (Å²) >= 11 is 3.66. The zero-order valence-corrected chi connectivity index (χ0v) is 13.0. The number of aryl methyl sites for hydroxylation is 1. The summed E-state index contributed by atoms with van der Waals surface area (Å²) in [6.45, 7) is 6.27. The quantitative estimate of drug-likeness (QED) is 0.632. The molecule has 0 aliphatic heterocycles. The third-order valence-corrected chi connectivity index (χ3v) is 4.31. The second-order valence-electron chi connectivity index (χ2n) is 5.25. The van der Waals surface area contributed by atoms with Crippen LogP contribution in [0.1, 0.15) is 46.8 Å². The molecule has 0 amide bonds. The molecule has 0 radical (unpaired) electrons. The first-order valence-electron chi connectivity index (χ1n) is 6.48. The fourth-order valence-electron chi connectivity index (χ4n) is 2.15. The zero-order valence-electron chi connectivity index (χ0n) is 11.5. The van der Waals surface area contributed by atoms with Crippen molar-refractivity contribution in [1.82, 2.24) is 0 Å². The Balaban J connectivity index is 2.30. The van der Waals surface area contributed by atoms with Crippen LogP contribution in [0.3, 0.4) is 0 Å². The van der Waals surface area contributed by atoms with E-state index in [0.717, 1.165) is 16.7 Å². The van der Waals surface area contributed by atoms with Gasteiger partial charge in [-0.15, -0.1) is 0 Å². The maximum absolute atomic E-state index is 13.5. The highest BCUT2D eigenvalue weighted by Gasteiger charge is 2.12. The van der Waals surface area contributed by atoms with Gasteiger partial charge in [0, 0.05) is 0 Å². The number of halogens is 2. The van der Waals surface area contributed by atoms with E-state index in [0.29, 0.717) is 5.92 Å². The van der Waals surface area contributed by atoms with Crippen molar-refractivity contribution in [1.29, 1.82) is 0 Å². The molecule has 0 saturated heterocycles. The Bertz CT molecular complexity index is 538. The average molecular weight is 321 g/mol. The van der Waals surface area contributed by atoms with E-state index in [1.165, 1.54) is 5.56 Å². The summed E-state index contributed by atoms with van der Waals surface area (Å²) in [6, 6.07) is 13.6. The summed E-state index contributed by atoms with van der Waals surface area (Å²) in [5.74, 6) is 0.345. The summed E-state index contributed by atoms with van der Waals surface area (Å²) in [7, 11) is 0. The third kappa shape index (κ3) is 3.44. The van der Waals surface area contributed by atoms with E-state index in [1.807, 2.05) is 13.0 Å². The number of hydrogen-bond donors (Lipinski definition) is 0. The van der Waals surface area contributed by atoms with Gasteiger partial charge < -0.3 is 0 Å². The lowest BCUT2D eigenvalue weighted by Gasteiger charge is -2.13. The van der Waals surface area contributed by atoms with Crippen molar-refractivity contribution >= 4 is 15.9 Å². The first kappa shape index (κ1) is 14.3. The minimum Gasteiger partial charge on any atom is -0.207 e. The Hall–Kier alpha value is -1.15. The van der Waals surface area contributed by atoms with Crippen LogP contribution in [0.4, 0.5) is 4.39 Å². The Kier molecular flexibility index (Phi) is 4.41. The topological polar surface area (TPSA) is 0 Å². The van der Waals surface area contributed by atoms with Gasteiger partial charge in [-0.1, -0.05) is 60.1 Å². The van der Waals surface area contributed by atoms with Gasteiger partial charge in [0.05, 0.1) is 4.83 Å². The maximum atomic E-state index is 13.5. The highest BCUT2D eigenvalue weighted by atomic mass is 79.9. The van der Waals surface area contributed by atoms with Crippen molar-refractivity contribution in [3.63, 3.8) is 0 Å². The Morgan fingerprint density at radius 2 is 1.47 bits per heavy atom. The summed E-state index contributed by atoms with van der Waals surface area (Å²) in [5.41, 5.74) is 4.36. The van der Waals surface area contributed by atoms with Crippen LogP contribution < -0.4 is 0 Å². The fraction of sp³-hybridized carbons (Fsp3) is 0.294. The Labute approximate surface area is 122 Å². The van der Waals surface area contributed by atoms with Crippen molar-refractivity contribution in [3.05, 3.63) is 70.5 Å². The Morgan fingerprint density at radius 1 is 0.895 bits per heavy atom. The first-order valence-corrected chi connectivity index (χ1v) is 7.40. The van der Waals surface area contributed by atoms with Crippen LogP contribution in [0.15, 0.2) is 42.5 Å². The second kappa shape index (κ2) is 5.87. The molecular formula is C17H18BrF. The van der Waals surface area contributed by atoms with Crippen molar-refractivity contribution in [2.45, 2.75) is 31.5 Å². The molecular weight excluding hydrogens is 303 g/mol. The molecule has 2 rings (SSSR count). The van der Waals surface area contributed by atoms with Crippen LogP contribution >= 0.6 is 15.9 Å². The van der Waals surface area contributed by atoms with E-state index in [2.05, 4.69) is 54.0 Å². The molecule has 0 fully saturated rings. The van der Waals surface area contributed by atoms with Crippen molar-refractivity contribution in [3.8, 4) is 0 Å². The van der Waals surface area contributed by atoms with Gasteiger partial charge in [-0.3, -0.25) is 0 Å². The molecule has 0 aromatic heterocycles. The standard InChI is InChI=1S/C17H18BrF/c1-11(2)13-4-6-14(7-5-13)17(18)15-8-12(3)9-16(19)10-15/h4-11,17H,1-3H3. The summed E-state index contributed by atoms with van der Waals surface area (Å²) in [5, 5.41) is 0. The summed E-state index contributed by atoms with van der Waals surface area (Å²) in [4.78, 5) is 0.0307. The number of hydrogen-bond acceptors (Lipinski definition) is 0. The molecule has 1 unspecified atom stereocenters. The van der Waals surface area contributed by atoms with Gasteiger partial charge in [0.25, 0.3) is 0 Å². The molecule has 0 saturated carbocycles. The van der Waals surface area contributed by atoms with Gasteiger partial charge in [-0.25, -0.2) is 4.39 Å². The van der Waals surface area contributed by atoms with E-state index in [4.69, 9.17) is 0 Å². The smallest absolute Gasteiger partial charge is 0.123 e. The molecule has 2 aromatic carbocycles. The van der Waals surface area contributed by atoms with Crippen molar-refractivity contribution in [2.75, 3.05) is 0 Å². The molecule has 0 aliphatic rings. The average Bonchev–Trinajstić information content (AvgIpc) is 2.37. The van der Waals surface area contributed by atoms with Crippen LogP contribution in [0.5, 0.6) is 0 Å². The van der Waals surface area contributed by atoms with Gasteiger partial charge in [-0.2, -0.15) is 0 Å². The van der Waals surface area contributed by atoms with Gasteiger partial charge in [0.2, 0.25) is 0 Å². The van der Waals surface area contributed by atoms with E-state index in [-0.39, 0.29) is 10.6 Å². The van der Waals surface area contributed by atoms with Crippen molar-refractivity contribution < 1.29 is 4.39 Å². The fourth-order valence-corrected chi connectivity index (χ4v) is 2.72. The van der Waals surface area contributed by atoms with Gasteiger partial charge in [-0.05, 0) is 47.2 Å². The predicted molar refractivity (Wildman–Crippen MR) is 82.4 cm³/mol. The first-order chi connectivity index (χ1) is 8.97. The molecule has 1 atom stereocenters. The largest absolute Gasteiger partial charge is 0.207 e. The van der Waals surface area contributed by atoms with Crippen LogP contribution in [0.25, 0.3) is 0 Å². The minimum absolute atomic E-state index is 0.0307. The third-order valence-electron chi connectivity index (χ3n) is 3.25. The molecule has 2 aromatic rings. The SMILES string of the molecule is Cc1cc(F)cc(C(Br)c2ccc(C(C)C)cc2)c1. The highest BCUT2D eigenvalue weighted by molar-refractivity contribution is 9.09. The molecule has 19 heavy (non-hydrogen) atoms. The maximum Gasteiger partial charge on any atom is 0.123 e. The van der Waals surface area contributed by atoms with Crippen LogP contribution in [0, 0.1) is 12.7 Å². The summed E-state index contributed by atoms with van der Waals surface area (Å²) in [6.07, 6.45) is 0. The lowest BCUT2D eigenvalue weighted by molar-refractivity contribution is 0.624. The molecule has 0 bridgehead atoms. The van der Waals surface area contributed by atoms with Gasteiger partial charge in [0.1, 0.15) is 5.82 Å². The molecule has 0 N–H and O–H groups in total. The molecule has 100 valence electrons. The monoisotopic (exact) mass is 320 g/mol. The number of benzene rings is 2. The molecule has 0 aliphatic carbocycles. The normalized spacial score (nSPS) is 12.7. The molecule has 0 spiro atoms. The molecule has 2 heteroatoms. The van der Waals surface area contributed by atoms with Crippen LogP contribution in [-0.4, -0.2) is 0 Å². The predicted octanol–water partition coefficient (Wildman–Crippen LogP) is 5.74. The minimum atomic E-state index is -0.182. The lowest BCUT2D eigenvalue weighted by atomic mass is 9.98. The van der Waals surface area contributed by atoms with Crippen molar-refractivity contribution in [2.24, 2.45) is 0 Å². The Morgan fingerprint density at radius 3 is 2.00 bits per heavy atom.